The lowest BCUT2D eigenvalue weighted by atomic mass is 10.0. The molecule has 39 heavy (non-hydrogen) atoms. The van der Waals surface area contributed by atoms with E-state index in [1.807, 2.05) is 0 Å². The van der Waals surface area contributed by atoms with E-state index in [1.165, 1.54) is 54.5 Å². The van der Waals surface area contributed by atoms with Crippen molar-refractivity contribution in [3.05, 3.63) is 82.0 Å². The highest BCUT2D eigenvalue weighted by Gasteiger charge is 2.44. The summed E-state index contributed by atoms with van der Waals surface area (Å²) in [6.07, 6.45) is -9.33. The number of alkyl halides is 6. The largest absolute Gasteiger partial charge is 0.465 e. The molecule has 0 aliphatic carbocycles. The fraction of sp³-hybridized carbons (Fsp3) is 0.346. The molecule has 2 heterocycles. The topological polar surface area (TPSA) is 76.5 Å². The predicted molar refractivity (Wildman–Crippen MR) is 128 cm³/mol. The van der Waals surface area contributed by atoms with Crippen LogP contribution in [0.15, 0.2) is 48.5 Å². The molecule has 4 rings (SSSR count). The molecular weight excluding hydrogens is 530 g/mol. The van der Waals surface area contributed by atoms with Crippen molar-refractivity contribution < 1.29 is 40.7 Å². The van der Waals surface area contributed by atoms with Crippen LogP contribution >= 0.6 is 0 Å². The summed E-state index contributed by atoms with van der Waals surface area (Å²) in [5, 5.41) is 6.17. The number of esters is 1. The summed E-state index contributed by atoms with van der Waals surface area (Å²) in [6.45, 7) is 1.36. The molecule has 0 radical (unpaired) electrons. The lowest BCUT2D eigenvalue weighted by molar-refractivity contribution is -0.142. The van der Waals surface area contributed by atoms with E-state index in [0.717, 1.165) is 10.7 Å². The number of aryl methyl sites for hydroxylation is 1. The summed E-state index contributed by atoms with van der Waals surface area (Å²) in [7, 11) is 1.22. The second-order valence-electron chi connectivity index (χ2n) is 9.01. The van der Waals surface area contributed by atoms with Gasteiger partial charge in [-0.15, -0.1) is 0 Å². The minimum absolute atomic E-state index is 0.0631. The van der Waals surface area contributed by atoms with Crippen molar-refractivity contribution in [3.8, 4) is 0 Å². The molecule has 3 aromatic rings. The molecule has 0 bridgehead atoms. The second kappa shape index (κ2) is 10.6. The Kier molecular flexibility index (Phi) is 7.62. The van der Waals surface area contributed by atoms with Crippen molar-refractivity contribution in [1.29, 1.82) is 0 Å². The number of benzene rings is 2. The van der Waals surface area contributed by atoms with Crippen molar-refractivity contribution in [1.82, 2.24) is 15.1 Å². The summed E-state index contributed by atoms with van der Waals surface area (Å²) >= 11 is 0. The Morgan fingerprint density at radius 3 is 2.28 bits per heavy atom. The maximum atomic E-state index is 14.0. The molecule has 1 N–H and O–H groups in total. The summed E-state index contributed by atoms with van der Waals surface area (Å²) < 4.78 is 88.5. The Morgan fingerprint density at radius 2 is 1.67 bits per heavy atom. The molecule has 1 amide bonds. The van der Waals surface area contributed by atoms with Gasteiger partial charge in [0.25, 0.3) is 5.91 Å². The van der Waals surface area contributed by atoms with Gasteiger partial charge >= 0.3 is 18.3 Å². The number of carbonyl (C=O) groups excluding carboxylic acids is 2. The molecule has 2 aromatic carbocycles. The van der Waals surface area contributed by atoms with Crippen LogP contribution in [0.5, 0.6) is 0 Å². The molecule has 0 spiro atoms. The van der Waals surface area contributed by atoms with Gasteiger partial charge in [0.05, 0.1) is 24.3 Å². The van der Waals surface area contributed by atoms with E-state index in [2.05, 4.69) is 15.2 Å². The number of nitrogens with one attached hydrogen (secondary N) is 1. The summed E-state index contributed by atoms with van der Waals surface area (Å²) in [5.41, 5.74) is -2.48. The molecule has 7 nitrogen and oxygen atoms in total. The molecule has 1 aliphatic rings. The van der Waals surface area contributed by atoms with Crippen LogP contribution in [0.25, 0.3) is 0 Å². The van der Waals surface area contributed by atoms with Crippen LogP contribution in [-0.4, -0.2) is 35.3 Å². The lowest BCUT2D eigenvalue weighted by Gasteiger charge is -2.31. The zero-order valence-electron chi connectivity index (χ0n) is 20.9. The Labute approximate surface area is 219 Å². The molecule has 1 aliphatic heterocycles. The number of rotatable bonds is 6. The predicted octanol–water partition coefficient (Wildman–Crippen LogP) is 5.61. The standard InChI is InChI=1S/C26H24F6N4O3/c1-15(16-8-10-17(11-9-16)24(38)39-2)33-22(37)20-21(26(30,31)32)34-36-13-5-12-35(23(20)36)14-18-6-3-4-7-19(18)25(27,28)29/h3-4,6-11,15H,5,12-14H2,1-2H3,(H,33,37)/t15-/m0/s1. The molecule has 1 atom stereocenters. The van der Waals surface area contributed by atoms with Gasteiger partial charge in [0.15, 0.2) is 5.69 Å². The number of halogens is 6. The van der Waals surface area contributed by atoms with Crippen molar-refractivity contribution >= 4 is 17.7 Å². The third kappa shape index (κ3) is 5.86. The Hall–Kier alpha value is -4.03. The average molecular weight is 554 g/mol. The zero-order chi connectivity index (χ0) is 28.5. The van der Waals surface area contributed by atoms with E-state index >= 15 is 0 Å². The molecule has 13 heteroatoms. The summed E-state index contributed by atoms with van der Waals surface area (Å²) in [5.74, 6) is -1.85. The quantitative estimate of drug-likeness (QED) is 0.317. The van der Waals surface area contributed by atoms with Crippen LogP contribution < -0.4 is 10.2 Å². The number of hydrogen-bond donors (Lipinski definition) is 1. The molecule has 0 fully saturated rings. The SMILES string of the molecule is COC(=O)c1ccc([C@H](C)NC(=O)c2c(C(F)(F)F)nn3c2N(Cc2ccccc2C(F)(F)F)CCC3)cc1. The van der Waals surface area contributed by atoms with Crippen LogP contribution in [0.4, 0.5) is 32.2 Å². The summed E-state index contributed by atoms with van der Waals surface area (Å²) in [6, 6.07) is 9.97. The highest BCUT2D eigenvalue weighted by Crippen LogP contribution is 2.39. The third-order valence-corrected chi connectivity index (χ3v) is 6.38. The first kappa shape index (κ1) is 28.0. The first-order valence-electron chi connectivity index (χ1n) is 11.9. The number of nitrogens with zero attached hydrogens (tertiary/aromatic N) is 3. The van der Waals surface area contributed by atoms with Gasteiger partial charge in [-0.25, -0.2) is 9.48 Å². The first-order chi connectivity index (χ1) is 18.3. The van der Waals surface area contributed by atoms with E-state index in [0.29, 0.717) is 12.0 Å². The van der Waals surface area contributed by atoms with Crippen LogP contribution in [-0.2, 0) is 30.2 Å². The highest BCUT2D eigenvalue weighted by molar-refractivity contribution is 6.01. The minimum atomic E-state index is -4.99. The maximum Gasteiger partial charge on any atom is 0.436 e. The van der Waals surface area contributed by atoms with Gasteiger partial charge in [-0.2, -0.15) is 31.4 Å². The lowest BCUT2D eigenvalue weighted by Crippen LogP contribution is -2.35. The van der Waals surface area contributed by atoms with E-state index in [-0.39, 0.29) is 36.6 Å². The average Bonchev–Trinajstić information content (AvgIpc) is 3.30. The molecule has 1 aromatic heterocycles. The van der Waals surface area contributed by atoms with Crippen LogP contribution in [0.1, 0.15) is 62.5 Å². The van der Waals surface area contributed by atoms with Gasteiger partial charge in [0.2, 0.25) is 0 Å². The van der Waals surface area contributed by atoms with Crippen LogP contribution in [0, 0.1) is 0 Å². The van der Waals surface area contributed by atoms with Gasteiger partial charge < -0.3 is 15.0 Å². The number of hydrogen-bond acceptors (Lipinski definition) is 5. The van der Waals surface area contributed by atoms with E-state index in [4.69, 9.17) is 0 Å². The first-order valence-corrected chi connectivity index (χ1v) is 11.9. The van der Waals surface area contributed by atoms with Crippen molar-refractivity contribution in [2.45, 2.75) is 44.8 Å². The van der Waals surface area contributed by atoms with Gasteiger partial charge in [0.1, 0.15) is 11.4 Å². The number of methoxy groups -OCH3 is 1. The van der Waals surface area contributed by atoms with Gasteiger partial charge in [0, 0.05) is 19.6 Å². The number of amides is 1. The third-order valence-electron chi connectivity index (χ3n) is 6.38. The molecule has 0 saturated carbocycles. The van der Waals surface area contributed by atoms with Gasteiger partial charge in [-0.1, -0.05) is 30.3 Å². The van der Waals surface area contributed by atoms with Gasteiger partial charge in [-0.3, -0.25) is 4.79 Å². The van der Waals surface area contributed by atoms with E-state index in [1.54, 1.807) is 6.92 Å². The molecular formula is C26H24F6N4O3. The van der Waals surface area contributed by atoms with Gasteiger partial charge in [-0.05, 0) is 42.7 Å². The molecule has 208 valence electrons. The minimum Gasteiger partial charge on any atom is -0.465 e. The molecule has 0 saturated heterocycles. The van der Waals surface area contributed by atoms with Crippen LogP contribution in [0.2, 0.25) is 0 Å². The Balaban J connectivity index is 1.69. The number of aromatic nitrogens is 2. The highest BCUT2D eigenvalue weighted by atomic mass is 19.4. The van der Waals surface area contributed by atoms with E-state index in [9.17, 15) is 35.9 Å². The van der Waals surface area contributed by atoms with Crippen molar-refractivity contribution in [3.63, 3.8) is 0 Å². The Bertz CT molecular complexity index is 1370. The fourth-order valence-corrected chi connectivity index (χ4v) is 4.53. The second-order valence-corrected chi connectivity index (χ2v) is 9.01. The number of ether oxygens (including phenoxy) is 1. The number of carbonyl (C=O) groups is 2. The normalized spacial score (nSPS) is 14.5. The smallest absolute Gasteiger partial charge is 0.436 e. The van der Waals surface area contributed by atoms with Crippen LogP contribution in [0.3, 0.4) is 0 Å². The number of fused-ring (bicyclic) bond motifs is 1. The van der Waals surface area contributed by atoms with Crippen molar-refractivity contribution in [2.24, 2.45) is 0 Å². The zero-order valence-corrected chi connectivity index (χ0v) is 20.9. The number of anilines is 1. The summed E-state index contributed by atoms with van der Waals surface area (Å²) in [4.78, 5) is 26.3. The molecule has 0 unspecified atom stereocenters. The van der Waals surface area contributed by atoms with Crippen molar-refractivity contribution in [2.75, 3.05) is 18.6 Å². The fourth-order valence-electron chi connectivity index (χ4n) is 4.53. The Morgan fingerprint density at radius 1 is 1.00 bits per heavy atom. The maximum absolute atomic E-state index is 14.0. The monoisotopic (exact) mass is 554 g/mol. The van der Waals surface area contributed by atoms with E-state index < -0.39 is 47.1 Å².